The zero-order valence-corrected chi connectivity index (χ0v) is 13.3. The van der Waals surface area contributed by atoms with Gasteiger partial charge in [-0.1, -0.05) is 6.07 Å². The van der Waals surface area contributed by atoms with Crippen molar-refractivity contribution in [3.05, 3.63) is 24.3 Å². The molecule has 1 saturated carbocycles. The van der Waals surface area contributed by atoms with Crippen LogP contribution in [0.2, 0.25) is 0 Å². The van der Waals surface area contributed by atoms with E-state index in [2.05, 4.69) is 4.72 Å². The van der Waals surface area contributed by atoms with E-state index in [4.69, 9.17) is 9.84 Å². The van der Waals surface area contributed by atoms with Crippen LogP contribution in [0.25, 0.3) is 0 Å². The van der Waals surface area contributed by atoms with E-state index in [1.807, 2.05) is 6.92 Å². The summed E-state index contributed by atoms with van der Waals surface area (Å²) in [7, 11) is -3.62. The van der Waals surface area contributed by atoms with Crippen LogP contribution in [0.3, 0.4) is 0 Å². The second-order valence-corrected chi connectivity index (χ2v) is 7.13. The fourth-order valence-electron chi connectivity index (χ4n) is 2.64. The Balaban J connectivity index is 2.02. The molecule has 0 radical (unpaired) electrons. The van der Waals surface area contributed by atoms with Gasteiger partial charge in [-0.3, -0.25) is 4.79 Å². The van der Waals surface area contributed by atoms with E-state index < -0.39 is 16.0 Å². The van der Waals surface area contributed by atoms with E-state index >= 15 is 0 Å². The normalized spacial score (nSPS) is 22.2. The van der Waals surface area contributed by atoms with Gasteiger partial charge in [0, 0.05) is 12.1 Å². The Labute approximate surface area is 130 Å². The molecular weight excluding hydrogens is 306 g/mol. The number of ether oxygens (including phenoxy) is 1. The van der Waals surface area contributed by atoms with Crippen LogP contribution < -0.4 is 9.46 Å². The van der Waals surface area contributed by atoms with Crippen molar-refractivity contribution in [2.45, 2.75) is 43.5 Å². The molecule has 0 bridgehead atoms. The van der Waals surface area contributed by atoms with Gasteiger partial charge in [0.05, 0.1) is 17.4 Å². The molecule has 0 aliphatic heterocycles. The molecule has 22 heavy (non-hydrogen) atoms. The number of carbonyl (C=O) groups is 1. The molecule has 0 amide bonds. The molecule has 0 saturated heterocycles. The molecule has 1 aliphatic rings. The minimum atomic E-state index is -3.62. The first-order chi connectivity index (χ1) is 10.4. The van der Waals surface area contributed by atoms with Gasteiger partial charge in [0.15, 0.2) is 0 Å². The van der Waals surface area contributed by atoms with Crippen molar-refractivity contribution in [3.63, 3.8) is 0 Å². The van der Waals surface area contributed by atoms with Crippen molar-refractivity contribution in [1.29, 1.82) is 0 Å². The maximum Gasteiger partial charge on any atom is 0.306 e. The Morgan fingerprint density at radius 1 is 1.32 bits per heavy atom. The zero-order chi connectivity index (χ0) is 16.2. The molecule has 1 aromatic carbocycles. The van der Waals surface area contributed by atoms with E-state index in [0.29, 0.717) is 38.0 Å². The fourth-order valence-corrected chi connectivity index (χ4v) is 3.98. The lowest BCUT2D eigenvalue weighted by atomic mass is 9.87. The van der Waals surface area contributed by atoms with Crippen molar-refractivity contribution in [2.75, 3.05) is 6.61 Å². The summed E-state index contributed by atoms with van der Waals surface area (Å²) in [5, 5.41) is 8.96. The molecule has 0 spiro atoms. The number of nitrogens with one attached hydrogen (secondary N) is 1. The quantitative estimate of drug-likeness (QED) is 0.834. The first kappa shape index (κ1) is 16.8. The number of benzene rings is 1. The molecule has 0 atom stereocenters. The number of hydrogen-bond acceptors (Lipinski definition) is 4. The first-order valence-corrected chi connectivity index (χ1v) is 8.88. The topological polar surface area (TPSA) is 92.7 Å². The molecule has 6 nitrogen and oxygen atoms in total. The summed E-state index contributed by atoms with van der Waals surface area (Å²) in [5.41, 5.74) is 0. The van der Waals surface area contributed by atoms with Crippen molar-refractivity contribution in [1.82, 2.24) is 4.72 Å². The average molecular weight is 327 g/mol. The predicted molar refractivity (Wildman–Crippen MR) is 81.3 cm³/mol. The van der Waals surface area contributed by atoms with Gasteiger partial charge in [0.2, 0.25) is 10.0 Å². The number of aliphatic carboxylic acids is 1. The minimum absolute atomic E-state index is 0.166. The molecule has 2 N–H and O–H groups in total. The predicted octanol–water partition coefficient (Wildman–Crippen LogP) is 2.01. The molecule has 1 aromatic rings. The number of carboxylic acid groups (broad SMARTS) is 1. The van der Waals surface area contributed by atoms with Gasteiger partial charge >= 0.3 is 5.97 Å². The smallest absolute Gasteiger partial charge is 0.306 e. The van der Waals surface area contributed by atoms with Gasteiger partial charge in [-0.05, 0) is 44.7 Å². The Morgan fingerprint density at radius 3 is 2.59 bits per heavy atom. The lowest BCUT2D eigenvalue weighted by Gasteiger charge is -2.26. The van der Waals surface area contributed by atoms with Gasteiger partial charge in [0.1, 0.15) is 5.75 Å². The van der Waals surface area contributed by atoms with Crippen molar-refractivity contribution < 1.29 is 23.1 Å². The number of hydrogen-bond donors (Lipinski definition) is 2. The van der Waals surface area contributed by atoms with Gasteiger partial charge < -0.3 is 9.84 Å². The molecule has 0 heterocycles. The number of rotatable bonds is 6. The Hall–Kier alpha value is -1.60. The van der Waals surface area contributed by atoms with Gasteiger partial charge in [0.25, 0.3) is 0 Å². The Bertz CT molecular complexity index is 621. The molecule has 7 heteroatoms. The van der Waals surface area contributed by atoms with Crippen LogP contribution >= 0.6 is 0 Å². The number of carboxylic acids is 1. The summed E-state index contributed by atoms with van der Waals surface area (Å²) in [4.78, 5) is 11.1. The van der Waals surface area contributed by atoms with E-state index in [0.717, 1.165) is 0 Å². The maximum atomic E-state index is 12.4. The van der Waals surface area contributed by atoms with Crippen molar-refractivity contribution in [2.24, 2.45) is 5.92 Å². The van der Waals surface area contributed by atoms with E-state index in [1.165, 1.54) is 12.1 Å². The molecule has 1 fully saturated rings. The average Bonchev–Trinajstić information content (AvgIpc) is 2.48. The molecular formula is C15H21NO5S. The van der Waals surface area contributed by atoms with Crippen LogP contribution in [0, 0.1) is 5.92 Å². The molecule has 1 aliphatic carbocycles. The number of sulfonamides is 1. The van der Waals surface area contributed by atoms with Gasteiger partial charge in [-0.2, -0.15) is 0 Å². The van der Waals surface area contributed by atoms with Crippen molar-refractivity contribution in [3.8, 4) is 5.75 Å². The molecule has 0 aromatic heterocycles. The first-order valence-electron chi connectivity index (χ1n) is 7.40. The van der Waals surface area contributed by atoms with Crippen LogP contribution in [0.4, 0.5) is 0 Å². The van der Waals surface area contributed by atoms with Crippen LogP contribution in [0.5, 0.6) is 5.75 Å². The molecule has 0 unspecified atom stereocenters. The van der Waals surface area contributed by atoms with E-state index in [9.17, 15) is 13.2 Å². The summed E-state index contributed by atoms with van der Waals surface area (Å²) in [6.07, 6.45) is 2.09. The molecule has 2 rings (SSSR count). The zero-order valence-electron chi connectivity index (χ0n) is 12.5. The van der Waals surface area contributed by atoms with Gasteiger partial charge in [-0.25, -0.2) is 13.1 Å². The summed E-state index contributed by atoms with van der Waals surface area (Å²) in [6.45, 7) is 2.30. The van der Waals surface area contributed by atoms with Crippen molar-refractivity contribution >= 4 is 16.0 Å². The third-order valence-corrected chi connectivity index (χ3v) is 5.34. The highest BCUT2D eigenvalue weighted by molar-refractivity contribution is 7.89. The largest absolute Gasteiger partial charge is 0.494 e. The lowest BCUT2D eigenvalue weighted by molar-refractivity contribution is -0.142. The summed E-state index contributed by atoms with van der Waals surface area (Å²) in [6, 6.07) is 6.15. The van der Waals surface area contributed by atoms with Crippen LogP contribution in [0.15, 0.2) is 29.2 Å². The third-order valence-electron chi connectivity index (χ3n) is 3.83. The highest BCUT2D eigenvalue weighted by Crippen LogP contribution is 2.26. The summed E-state index contributed by atoms with van der Waals surface area (Å²) < 4.78 is 32.8. The fraction of sp³-hybridized carbons (Fsp3) is 0.533. The van der Waals surface area contributed by atoms with E-state index in [1.54, 1.807) is 12.1 Å². The highest BCUT2D eigenvalue weighted by atomic mass is 32.2. The Morgan fingerprint density at radius 2 is 2.00 bits per heavy atom. The SMILES string of the molecule is CCOc1cccc(S(=O)(=O)NC2CCC(C(=O)O)CC2)c1. The second-order valence-electron chi connectivity index (χ2n) is 5.42. The van der Waals surface area contributed by atoms with Crippen LogP contribution in [-0.2, 0) is 14.8 Å². The lowest BCUT2D eigenvalue weighted by Crippen LogP contribution is -2.38. The van der Waals surface area contributed by atoms with Gasteiger partial charge in [-0.15, -0.1) is 0 Å². The Kier molecular flexibility index (Phi) is 5.42. The standard InChI is InChI=1S/C15H21NO5S/c1-2-21-13-4-3-5-14(10-13)22(19,20)16-12-8-6-11(7-9-12)15(17)18/h3-5,10-12,16H,2,6-9H2,1H3,(H,17,18). The minimum Gasteiger partial charge on any atom is -0.494 e. The second kappa shape index (κ2) is 7.11. The summed E-state index contributed by atoms with van der Waals surface area (Å²) >= 11 is 0. The van der Waals surface area contributed by atoms with E-state index in [-0.39, 0.29) is 16.9 Å². The molecule has 122 valence electrons. The van der Waals surface area contributed by atoms with Crippen LogP contribution in [-0.4, -0.2) is 32.1 Å². The monoisotopic (exact) mass is 327 g/mol. The van der Waals surface area contributed by atoms with Crippen LogP contribution in [0.1, 0.15) is 32.6 Å². The third kappa shape index (κ3) is 4.20. The summed E-state index contributed by atoms with van der Waals surface area (Å²) in [5.74, 6) is -0.646. The maximum absolute atomic E-state index is 12.4. The highest BCUT2D eigenvalue weighted by Gasteiger charge is 2.28.